The van der Waals surface area contributed by atoms with Gasteiger partial charge in [-0.25, -0.2) is 0 Å². The van der Waals surface area contributed by atoms with Gasteiger partial charge >= 0.3 is 0 Å². The van der Waals surface area contributed by atoms with Crippen LogP contribution in [-0.2, 0) is 10.8 Å². The highest BCUT2D eigenvalue weighted by Gasteiger charge is 2.14. The summed E-state index contributed by atoms with van der Waals surface area (Å²) in [7, 11) is -0.760. The summed E-state index contributed by atoms with van der Waals surface area (Å²) in [5.74, 6) is 2.23. The molecule has 0 aliphatic carbocycles. The zero-order valence-electron chi connectivity index (χ0n) is 10.8. The van der Waals surface area contributed by atoms with Crippen LogP contribution in [0, 0.1) is 5.92 Å². The van der Waals surface area contributed by atoms with Gasteiger partial charge < -0.3 is 5.73 Å². The van der Waals surface area contributed by atoms with E-state index in [0.29, 0.717) is 18.2 Å². The molecule has 1 rings (SSSR count). The summed E-state index contributed by atoms with van der Waals surface area (Å²) in [5, 5.41) is 0. The van der Waals surface area contributed by atoms with E-state index in [1.54, 1.807) is 0 Å². The van der Waals surface area contributed by atoms with Crippen LogP contribution in [0.5, 0.6) is 0 Å². The molecule has 0 heterocycles. The van der Waals surface area contributed by atoms with Gasteiger partial charge in [-0.15, -0.1) is 0 Å². The van der Waals surface area contributed by atoms with E-state index in [0.717, 1.165) is 12.2 Å². The molecule has 3 heteroatoms. The maximum atomic E-state index is 12.0. The fraction of sp³-hybridized carbons (Fsp3) is 0.571. The van der Waals surface area contributed by atoms with E-state index in [2.05, 4.69) is 26.0 Å². The third-order valence-electron chi connectivity index (χ3n) is 3.11. The van der Waals surface area contributed by atoms with Crippen molar-refractivity contribution in [2.75, 3.05) is 18.1 Å². The normalized spacial score (nSPS) is 16.4. The summed E-state index contributed by atoms with van der Waals surface area (Å²) in [6.45, 7) is 4.85. The van der Waals surface area contributed by atoms with Crippen LogP contribution in [0.4, 0.5) is 0 Å². The fourth-order valence-electron chi connectivity index (χ4n) is 1.75. The molecule has 17 heavy (non-hydrogen) atoms. The van der Waals surface area contributed by atoms with Gasteiger partial charge in [0.15, 0.2) is 0 Å². The second-order valence-electron chi connectivity index (χ2n) is 4.63. The molecule has 2 N–H and O–H groups in total. The fourth-order valence-corrected chi connectivity index (χ4v) is 3.54. The lowest BCUT2D eigenvalue weighted by atomic mass is 10.0. The van der Waals surface area contributed by atoms with E-state index in [4.69, 9.17) is 5.73 Å². The third-order valence-corrected chi connectivity index (χ3v) is 4.82. The summed E-state index contributed by atoms with van der Waals surface area (Å²) in [6.07, 6.45) is 1.09. The first-order valence-electron chi connectivity index (χ1n) is 6.27. The molecule has 0 saturated carbocycles. The highest BCUT2D eigenvalue weighted by molar-refractivity contribution is 7.85. The second-order valence-corrected chi connectivity index (χ2v) is 6.18. The van der Waals surface area contributed by atoms with Crippen LogP contribution in [0.25, 0.3) is 0 Å². The third kappa shape index (κ3) is 5.00. The van der Waals surface area contributed by atoms with Crippen LogP contribution in [0.2, 0.25) is 0 Å². The molecule has 96 valence electrons. The van der Waals surface area contributed by atoms with Crippen LogP contribution in [0.15, 0.2) is 30.3 Å². The number of nitrogens with two attached hydrogens (primary N) is 1. The van der Waals surface area contributed by atoms with Gasteiger partial charge in [0.05, 0.1) is 0 Å². The number of hydrogen-bond acceptors (Lipinski definition) is 2. The molecule has 0 aliphatic rings. The molecule has 0 aromatic heterocycles. The van der Waals surface area contributed by atoms with Crippen molar-refractivity contribution >= 4 is 10.8 Å². The quantitative estimate of drug-likeness (QED) is 0.811. The van der Waals surface area contributed by atoms with Gasteiger partial charge in [-0.3, -0.25) is 4.21 Å². The Hall–Kier alpha value is -0.670. The largest absolute Gasteiger partial charge is 0.330 e. The minimum atomic E-state index is -0.760. The van der Waals surface area contributed by atoms with Gasteiger partial charge in [-0.1, -0.05) is 50.6 Å². The Morgan fingerprint density at radius 1 is 1.24 bits per heavy atom. The second kappa shape index (κ2) is 7.62. The molecule has 1 aromatic carbocycles. The Kier molecular flexibility index (Phi) is 6.45. The van der Waals surface area contributed by atoms with Gasteiger partial charge in [-0.2, -0.15) is 0 Å². The summed E-state index contributed by atoms with van der Waals surface area (Å²) < 4.78 is 12.0. The highest BCUT2D eigenvalue weighted by Crippen LogP contribution is 2.16. The molecular weight excluding hydrogens is 230 g/mol. The molecule has 0 bridgehead atoms. The van der Waals surface area contributed by atoms with Gasteiger partial charge in [0.1, 0.15) is 0 Å². The van der Waals surface area contributed by atoms with Crippen molar-refractivity contribution < 1.29 is 4.21 Å². The maximum absolute atomic E-state index is 12.0. The minimum Gasteiger partial charge on any atom is -0.330 e. The molecule has 0 fully saturated rings. The van der Waals surface area contributed by atoms with Crippen molar-refractivity contribution in [2.45, 2.75) is 26.2 Å². The van der Waals surface area contributed by atoms with Gasteiger partial charge in [0, 0.05) is 34.8 Å². The van der Waals surface area contributed by atoms with Crippen molar-refractivity contribution in [1.82, 2.24) is 0 Å². The van der Waals surface area contributed by atoms with Crippen molar-refractivity contribution in [3.63, 3.8) is 0 Å². The Morgan fingerprint density at radius 2 is 1.88 bits per heavy atom. The monoisotopic (exact) mass is 253 g/mol. The Balaban J connectivity index is 2.56. The molecule has 0 spiro atoms. The Labute approximate surface area is 107 Å². The number of benzene rings is 1. The van der Waals surface area contributed by atoms with Gasteiger partial charge in [0.2, 0.25) is 0 Å². The summed E-state index contributed by atoms with van der Waals surface area (Å²) >= 11 is 0. The van der Waals surface area contributed by atoms with Crippen LogP contribution < -0.4 is 5.73 Å². The lowest BCUT2D eigenvalue weighted by Gasteiger charge is -2.16. The van der Waals surface area contributed by atoms with E-state index < -0.39 is 10.8 Å². The topological polar surface area (TPSA) is 43.1 Å². The molecule has 0 amide bonds. The van der Waals surface area contributed by atoms with E-state index in [1.165, 1.54) is 5.56 Å². The van der Waals surface area contributed by atoms with Crippen molar-refractivity contribution in [3.05, 3.63) is 35.9 Å². The molecule has 0 saturated heterocycles. The predicted octanol–water partition coefficient (Wildman–Crippen LogP) is 2.52. The summed E-state index contributed by atoms with van der Waals surface area (Å²) in [6, 6.07) is 10.1. The zero-order chi connectivity index (χ0) is 12.7. The molecular formula is C14H23NOS. The van der Waals surface area contributed by atoms with E-state index in [-0.39, 0.29) is 5.92 Å². The lowest BCUT2D eigenvalue weighted by Crippen LogP contribution is -2.21. The standard InChI is InChI=1S/C14H23NOS/c1-3-12(2)10-17(16)11-14(9-15)13-7-5-4-6-8-13/h4-8,12,14H,3,9-11,15H2,1-2H3. The molecule has 3 atom stereocenters. The first kappa shape index (κ1) is 14.4. The van der Waals surface area contributed by atoms with Crippen LogP contribution >= 0.6 is 0 Å². The first-order chi connectivity index (χ1) is 8.17. The lowest BCUT2D eigenvalue weighted by molar-refractivity contribution is 0.612. The average Bonchev–Trinajstić information content (AvgIpc) is 2.36. The first-order valence-corrected chi connectivity index (χ1v) is 7.76. The minimum absolute atomic E-state index is 0.223. The molecule has 3 unspecified atom stereocenters. The maximum Gasteiger partial charge on any atom is 0.0315 e. The van der Waals surface area contributed by atoms with Crippen molar-refractivity contribution in [1.29, 1.82) is 0 Å². The van der Waals surface area contributed by atoms with E-state index >= 15 is 0 Å². The van der Waals surface area contributed by atoms with E-state index in [9.17, 15) is 4.21 Å². The van der Waals surface area contributed by atoms with E-state index in [1.807, 2.05) is 18.2 Å². The zero-order valence-corrected chi connectivity index (χ0v) is 11.6. The molecule has 0 radical (unpaired) electrons. The summed E-state index contributed by atoms with van der Waals surface area (Å²) in [4.78, 5) is 0. The van der Waals surface area contributed by atoms with Crippen molar-refractivity contribution in [3.8, 4) is 0 Å². The summed E-state index contributed by atoms with van der Waals surface area (Å²) in [5.41, 5.74) is 6.98. The number of hydrogen-bond donors (Lipinski definition) is 1. The molecule has 1 aromatic rings. The Bertz CT molecular complexity index is 339. The van der Waals surface area contributed by atoms with Crippen molar-refractivity contribution in [2.24, 2.45) is 11.7 Å². The van der Waals surface area contributed by atoms with Crippen LogP contribution in [0.1, 0.15) is 31.7 Å². The average molecular weight is 253 g/mol. The number of rotatable bonds is 7. The van der Waals surface area contributed by atoms with Gasteiger partial charge in [0.25, 0.3) is 0 Å². The highest BCUT2D eigenvalue weighted by atomic mass is 32.2. The smallest absolute Gasteiger partial charge is 0.0315 e. The van der Waals surface area contributed by atoms with Gasteiger partial charge in [-0.05, 0) is 11.5 Å². The van der Waals surface area contributed by atoms with Crippen LogP contribution in [0.3, 0.4) is 0 Å². The Morgan fingerprint density at radius 3 is 2.41 bits per heavy atom. The molecule has 2 nitrogen and oxygen atoms in total. The predicted molar refractivity (Wildman–Crippen MR) is 75.6 cm³/mol. The van der Waals surface area contributed by atoms with Crippen LogP contribution in [-0.4, -0.2) is 22.3 Å². The SMILES string of the molecule is CCC(C)CS(=O)CC(CN)c1ccccc1. The molecule has 0 aliphatic heterocycles.